The molecule has 0 aromatic rings. The van der Waals surface area contributed by atoms with Crippen LogP contribution in [0.3, 0.4) is 0 Å². The van der Waals surface area contributed by atoms with Gasteiger partial charge in [-0.15, -0.1) is 0 Å². The van der Waals surface area contributed by atoms with Gasteiger partial charge in [0.05, 0.1) is 20.2 Å². The second-order valence-electron chi connectivity index (χ2n) is 14.5. The summed E-state index contributed by atoms with van der Waals surface area (Å²) < 4.78 is 62.0. The fraction of sp³-hybridized carbons (Fsp3) is 0.895. The summed E-state index contributed by atoms with van der Waals surface area (Å²) in [4.78, 5) is 0. The first-order valence-electron chi connectivity index (χ1n) is 18.4. The molecule has 0 aromatic heterocycles. The van der Waals surface area contributed by atoms with Crippen molar-refractivity contribution < 1.29 is 78.9 Å². The third-order valence-electron chi connectivity index (χ3n) is 10.5. The third kappa shape index (κ3) is 31.5. The molecule has 4 saturated carbocycles. The van der Waals surface area contributed by atoms with E-state index in [1.807, 2.05) is 0 Å². The van der Waals surface area contributed by atoms with Crippen LogP contribution in [0.15, 0.2) is 0 Å². The average Bonchev–Trinajstić information content (AvgIpc) is 3.77. The van der Waals surface area contributed by atoms with E-state index in [-0.39, 0.29) is 71.9 Å². The van der Waals surface area contributed by atoms with Gasteiger partial charge in [-0.25, -0.2) is 16.8 Å². The molecule has 49 heavy (non-hydrogen) atoms. The molecular formula is C38H72Fe2LiO6S2-. The summed E-state index contributed by atoms with van der Waals surface area (Å²) in [5.74, 6) is 8.56. The second kappa shape index (κ2) is 32.8. The largest absolute Gasteiger partial charge is 2.00 e. The molecule has 0 aromatic carbocycles. The molecule has 0 aliphatic heterocycles. The van der Waals surface area contributed by atoms with E-state index in [9.17, 15) is 25.9 Å². The molecule has 0 radical (unpaired) electrons. The van der Waals surface area contributed by atoms with E-state index < -0.39 is 20.2 Å². The SMILES string of the molecule is C.CCCCCC1CCC[C-]1C.C[C-]1CCCC1.C[C-]1CCCC1CCCCS(=O)(=O)[O-].C[C-]1CCCC1CCCCS(=O)(=O)[O-].[Fe+2].[Fe+2].[Li+]. The maximum absolute atomic E-state index is 10.3. The van der Waals surface area contributed by atoms with Gasteiger partial charge in [-0.1, -0.05) is 117 Å². The average molecular weight is 808 g/mol. The van der Waals surface area contributed by atoms with Crippen molar-refractivity contribution in [3.63, 3.8) is 0 Å². The molecule has 0 bridgehead atoms. The van der Waals surface area contributed by atoms with Gasteiger partial charge in [0.25, 0.3) is 0 Å². The van der Waals surface area contributed by atoms with Gasteiger partial charge < -0.3 is 32.8 Å². The van der Waals surface area contributed by atoms with Crippen LogP contribution in [0.2, 0.25) is 0 Å². The summed E-state index contributed by atoms with van der Waals surface area (Å²) in [5, 5.41) is 0. The summed E-state index contributed by atoms with van der Waals surface area (Å²) >= 11 is 0. The fourth-order valence-electron chi connectivity index (χ4n) is 7.36. The van der Waals surface area contributed by atoms with Crippen molar-refractivity contribution in [1.29, 1.82) is 0 Å². The summed E-state index contributed by atoms with van der Waals surface area (Å²) in [7, 11) is -7.98. The fourth-order valence-corrected chi connectivity index (χ4v) is 8.48. The van der Waals surface area contributed by atoms with E-state index in [1.54, 1.807) is 23.7 Å². The Morgan fingerprint density at radius 2 is 0.837 bits per heavy atom. The molecule has 290 valence electrons. The molecule has 0 saturated heterocycles. The molecule has 0 heterocycles. The Kier molecular flexibility index (Phi) is 38.3. The van der Waals surface area contributed by atoms with Crippen LogP contribution in [0.25, 0.3) is 0 Å². The summed E-state index contributed by atoms with van der Waals surface area (Å²) in [6.07, 6.45) is 28.2. The maximum atomic E-state index is 10.3. The summed E-state index contributed by atoms with van der Waals surface area (Å²) in [6.45, 7) is 11.3. The topological polar surface area (TPSA) is 114 Å². The van der Waals surface area contributed by atoms with Crippen LogP contribution in [0.5, 0.6) is 0 Å². The first kappa shape index (κ1) is 57.2. The third-order valence-corrected chi connectivity index (χ3v) is 12.0. The molecule has 6 nitrogen and oxygen atoms in total. The Morgan fingerprint density at radius 1 is 0.531 bits per heavy atom. The zero-order valence-electron chi connectivity index (χ0n) is 31.4. The Bertz CT molecular complexity index is 892. The van der Waals surface area contributed by atoms with Crippen molar-refractivity contribution in [2.24, 2.45) is 17.8 Å². The number of unbranched alkanes of at least 4 members (excludes halogenated alkanes) is 4. The summed E-state index contributed by atoms with van der Waals surface area (Å²) in [6, 6.07) is 0. The number of rotatable bonds is 14. The van der Waals surface area contributed by atoms with E-state index in [0.717, 1.165) is 31.6 Å². The minimum atomic E-state index is -3.99. The zero-order valence-corrected chi connectivity index (χ0v) is 35.2. The Hall–Kier alpha value is 1.46. The van der Waals surface area contributed by atoms with Gasteiger partial charge in [0.2, 0.25) is 0 Å². The van der Waals surface area contributed by atoms with Crippen molar-refractivity contribution in [2.75, 3.05) is 11.5 Å². The van der Waals surface area contributed by atoms with Crippen molar-refractivity contribution in [2.45, 2.75) is 190 Å². The standard InChI is InChI=1S/C11H21.2C10H19O3S.C6H11.CH4.2Fe.Li/c1-3-4-5-8-11-9-6-7-10(11)2;2*1-9-5-4-7-10(9)6-2-3-8-14(11,12)13;1-6-4-2-3-5-6;;;;/h11H,3-9H2,1-2H3;2*10H,2-8H2,1H3,(H,11,12,13);2-5H2,1H3;1H4;;;/q4*-1;;2*+2;+1/p-2. The second-order valence-corrected chi connectivity index (χ2v) is 17.5. The van der Waals surface area contributed by atoms with Crippen molar-refractivity contribution in [1.82, 2.24) is 0 Å². The van der Waals surface area contributed by atoms with Gasteiger partial charge in [0, 0.05) is 11.5 Å². The Balaban J connectivity index is -0.000000277. The van der Waals surface area contributed by atoms with Gasteiger partial charge in [-0.3, -0.25) is 0 Å². The minimum Gasteiger partial charge on any atom is -0.748 e. The predicted molar refractivity (Wildman–Crippen MR) is 194 cm³/mol. The van der Waals surface area contributed by atoms with E-state index in [0.29, 0.717) is 24.7 Å². The first-order chi connectivity index (χ1) is 21.2. The molecule has 0 amide bonds. The van der Waals surface area contributed by atoms with E-state index >= 15 is 0 Å². The quantitative estimate of drug-likeness (QED) is 0.0763. The van der Waals surface area contributed by atoms with Crippen LogP contribution in [0.1, 0.15) is 190 Å². The molecule has 3 atom stereocenters. The van der Waals surface area contributed by atoms with Crippen LogP contribution in [-0.4, -0.2) is 37.4 Å². The predicted octanol–water partition coefficient (Wildman–Crippen LogP) is 7.94. The van der Waals surface area contributed by atoms with Crippen LogP contribution >= 0.6 is 0 Å². The molecule has 4 aliphatic rings. The van der Waals surface area contributed by atoms with Crippen LogP contribution in [0.4, 0.5) is 0 Å². The normalized spacial score (nSPS) is 22.9. The van der Waals surface area contributed by atoms with Crippen molar-refractivity contribution >= 4 is 20.2 Å². The van der Waals surface area contributed by atoms with Gasteiger partial charge in [-0.2, -0.15) is 77.6 Å². The van der Waals surface area contributed by atoms with Crippen LogP contribution in [-0.2, 0) is 54.4 Å². The molecule has 11 heteroatoms. The van der Waals surface area contributed by atoms with Gasteiger partial charge >= 0.3 is 53.0 Å². The first-order valence-corrected chi connectivity index (χ1v) is 21.5. The maximum Gasteiger partial charge on any atom is 2.00 e. The minimum absolute atomic E-state index is 0. The summed E-state index contributed by atoms with van der Waals surface area (Å²) in [5.41, 5.74) is 0. The van der Waals surface area contributed by atoms with Crippen molar-refractivity contribution in [3.05, 3.63) is 23.7 Å². The monoisotopic (exact) mass is 807 g/mol. The van der Waals surface area contributed by atoms with E-state index in [4.69, 9.17) is 0 Å². The van der Waals surface area contributed by atoms with E-state index in [1.165, 1.54) is 109 Å². The number of hydrogen-bond donors (Lipinski definition) is 0. The van der Waals surface area contributed by atoms with Crippen LogP contribution in [0, 0.1) is 41.4 Å². The number of hydrogen-bond acceptors (Lipinski definition) is 6. The smallest absolute Gasteiger partial charge is 0.748 e. The molecule has 4 fully saturated rings. The molecule has 4 rings (SSSR count). The Morgan fingerprint density at radius 3 is 1.04 bits per heavy atom. The van der Waals surface area contributed by atoms with Crippen molar-refractivity contribution in [3.8, 4) is 0 Å². The Labute approximate surface area is 339 Å². The molecule has 4 aliphatic carbocycles. The van der Waals surface area contributed by atoms with Gasteiger partial charge in [-0.05, 0) is 12.8 Å². The molecule has 3 unspecified atom stereocenters. The van der Waals surface area contributed by atoms with Gasteiger partial charge in [0.15, 0.2) is 0 Å². The van der Waals surface area contributed by atoms with E-state index in [2.05, 4.69) is 34.6 Å². The molecule has 0 spiro atoms. The van der Waals surface area contributed by atoms with Gasteiger partial charge in [0.1, 0.15) is 0 Å². The zero-order chi connectivity index (χ0) is 33.7. The molecular weight excluding hydrogens is 735 g/mol. The molecule has 0 N–H and O–H groups in total. The van der Waals surface area contributed by atoms with Crippen LogP contribution < -0.4 is 18.9 Å².